The first kappa shape index (κ1) is 23.4. The molecule has 2 unspecified atom stereocenters. The molecular formula is C29H51Cl. The van der Waals surface area contributed by atoms with E-state index in [0.29, 0.717) is 16.2 Å². The van der Waals surface area contributed by atoms with Gasteiger partial charge in [0.2, 0.25) is 0 Å². The summed E-state index contributed by atoms with van der Waals surface area (Å²) in [6.07, 6.45) is 17.3. The van der Waals surface area contributed by atoms with Gasteiger partial charge < -0.3 is 0 Å². The second-order valence-corrected chi connectivity index (χ2v) is 13.6. The Morgan fingerprint density at radius 3 is 2.33 bits per heavy atom. The van der Waals surface area contributed by atoms with Gasteiger partial charge in [-0.15, -0.1) is 11.6 Å². The number of halogens is 1. The Kier molecular flexibility index (Phi) is 6.96. The minimum atomic E-state index is 0.430. The number of alkyl halides is 1. The van der Waals surface area contributed by atoms with Gasteiger partial charge in [0.25, 0.3) is 0 Å². The first-order valence-electron chi connectivity index (χ1n) is 13.9. The maximum atomic E-state index is 7.12. The summed E-state index contributed by atoms with van der Waals surface area (Å²) in [6, 6.07) is 0. The second kappa shape index (κ2) is 8.91. The largest absolute Gasteiger partial charge is 0.122 e. The van der Waals surface area contributed by atoms with Gasteiger partial charge in [0.15, 0.2) is 0 Å². The highest BCUT2D eigenvalue weighted by Gasteiger charge is 2.61. The average molecular weight is 435 g/mol. The van der Waals surface area contributed by atoms with Crippen LogP contribution in [0.3, 0.4) is 0 Å². The SMILES string of the molecule is CC[C@H](CC[C@@H](C)[C@H]1CC[C@H]2[C@H]3CCC4CCCC(Cl)[C@]4(C)[C@H]3CC[C@]12C)C(C)C. The quantitative estimate of drug-likeness (QED) is 0.365. The molecule has 174 valence electrons. The summed E-state index contributed by atoms with van der Waals surface area (Å²) in [5.41, 5.74) is 1.04. The lowest BCUT2D eigenvalue weighted by Gasteiger charge is -2.62. The third-order valence-corrected chi connectivity index (χ3v) is 12.6. The molecule has 10 atom stereocenters. The lowest BCUT2D eigenvalue weighted by atomic mass is 9.44. The van der Waals surface area contributed by atoms with Gasteiger partial charge in [-0.3, -0.25) is 0 Å². The van der Waals surface area contributed by atoms with Gasteiger partial charge in [0.1, 0.15) is 0 Å². The fraction of sp³-hybridized carbons (Fsp3) is 1.00. The van der Waals surface area contributed by atoms with Crippen LogP contribution in [-0.4, -0.2) is 5.38 Å². The van der Waals surface area contributed by atoms with Crippen LogP contribution in [0.25, 0.3) is 0 Å². The van der Waals surface area contributed by atoms with E-state index in [0.717, 1.165) is 47.3 Å². The Morgan fingerprint density at radius 2 is 1.63 bits per heavy atom. The summed E-state index contributed by atoms with van der Waals surface area (Å²) in [5.74, 6) is 7.44. The first-order valence-corrected chi connectivity index (χ1v) is 14.3. The van der Waals surface area contributed by atoms with E-state index >= 15 is 0 Å². The van der Waals surface area contributed by atoms with E-state index in [-0.39, 0.29) is 0 Å². The van der Waals surface area contributed by atoms with Crippen molar-refractivity contribution < 1.29 is 0 Å². The van der Waals surface area contributed by atoms with Crippen LogP contribution in [0, 0.1) is 58.2 Å². The van der Waals surface area contributed by atoms with E-state index in [4.69, 9.17) is 11.6 Å². The van der Waals surface area contributed by atoms with Crippen molar-refractivity contribution in [1.82, 2.24) is 0 Å². The fourth-order valence-corrected chi connectivity index (χ4v) is 10.4. The van der Waals surface area contributed by atoms with Crippen molar-refractivity contribution in [1.29, 1.82) is 0 Å². The van der Waals surface area contributed by atoms with Crippen molar-refractivity contribution in [2.75, 3.05) is 0 Å². The Balaban J connectivity index is 1.47. The molecule has 0 bridgehead atoms. The highest BCUT2D eigenvalue weighted by atomic mass is 35.5. The molecule has 0 radical (unpaired) electrons. The smallest absolute Gasteiger partial charge is 0.0395 e. The molecule has 0 amide bonds. The van der Waals surface area contributed by atoms with E-state index in [1.165, 1.54) is 77.0 Å². The lowest BCUT2D eigenvalue weighted by molar-refractivity contribution is -0.112. The predicted octanol–water partition coefficient (Wildman–Crippen LogP) is 9.35. The summed E-state index contributed by atoms with van der Waals surface area (Å²) in [6.45, 7) is 15.2. The van der Waals surface area contributed by atoms with Gasteiger partial charge in [0, 0.05) is 5.38 Å². The molecule has 4 fully saturated rings. The zero-order chi connectivity index (χ0) is 21.7. The monoisotopic (exact) mass is 434 g/mol. The highest BCUT2D eigenvalue weighted by molar-refractivity contribution is 6.21. The van der Waals surface area contributed by atoms with Crippen LogP contribution in [0.15, 0.2) is 0 Å². The lowest BCUT2D eigenvalue weighted by Crippen LogP contribution is -2.56. The van der Waals surface area contributed by atoms with E-state index in [1.807, 2.05) is 0 Å². The van der Waals surface area contributed by atoms with Crippen molar-refractivity contribution in [3.8, 4) is 0 Å². The zero-order valence-electron chi connectivity index (χ0n) is 21.1. The van der Waals surface area contributed by atoms with E-state index in [1.54, 1.807) is 0 Å². The molecule has 1 heteroatoms. The molecule has 0 aromatic heterocycles. The summed E-state index contributed by atoms with van der Waals surface area (Å²) >= 11 is 7.12. The molecule has 0 aromatic carbocycles. The van der Waals surface area contributed by atoms with Crippen LogP contribution in [0.2, 0.25) is 0 Å². The van der Waals surface area contributed by atoms with Gasteiger partial charge in [-0.25, -0.2) is 0 Å². The van der Waals surface area contributed by atoms with Crippen LogP contribution in [0.4, 0.5) is 0 Å². The molecule has 0 spiro atoms. The Labute approximate surface area is 193 Å². The van der Waals surface area contributed by atoms with Gasteiger partial charge in [-0.05, 0) is 116 Å². The van der Waals surface area contributed by atoms with E-state index in [2.05, 4.69) is 41.5 Å². The minimum Gasteiger partial charge on any atom is -0.122 e. The highest BCUT2D eigenvalue weighted by Crippen LogP contribution is 2.68. The van der Waals surface area contributed by atoms with Crippen LogP contribution >= 0.6 is 11.6 Å². The standard InChI is InChI=1S/C29H51Cl/c1-7-21(19(2)3)12-11-20(4)24-15-16-25-23-14-13-22-9-8-10-27(30)29(22,6)26(23)17-18-28(24,25)5/h19-27H,7-18H2,1-6H3/t20-,21-,22?,23-,24-,25+,26+,27?,28-,29+/m1/s1. The van der Waals surface area contributed by atoms with Crippen molar-refractivity contribution >= 4 is 11.6 Å². The second-order valence-electron chi connectivity index (χ2n) is 13.1. The van der Waals surface area contributed by atoms with Gasteiger partial charge in [-0.1, -0.05) is 60.8 Å². The minimum absolute atomic E-state index is 0.430. The molecular weight excluding hydrogens is 384 g/mol. The van der Waals surface area contributed by atoms with Crippen LogP contribution in [-0.2, 0) is 0 Å². The number of rotatable bonds is 6. The van der Waals surface area contributed by atoms with E-state index in [9.17, 15) is 0 Å². The molecule has 4 aliphatic carbocycles. The Bertz CT molecular complexity index is 583. The molecule has 30 heavy (non-hydrogen) atoms. The molecule has 4 aliphatic rings. The molecule has 4 rings (SSSR count). The predicted molar refractivity (Wildman–Crippen MR) is 132 cm³/mol. The van der Waals surface area contributed by atoms with Crippen LogP contribution in [0.1, 0.15) is 119 Å². The maximum absolute atomic E-state index is 7.12. The molecule has 0 N–H and O–H groups in total. The van der Waals surface area contributed by atoms with Crippen molar-refractivity contribution in [2.24, 2.45) is 58.2 Å². The zero-order valence-corrected chi connectivity index (χ0v) is 21.8. The number of fused-ring (bicyclic) bond motifs is 5. The third kappa shape index (κ3) is 3.72. The number of hydrogen-bond acceptors (Lipinski definition) is 0. The third-order valence-electron chi connectivity index (χ3n) is 11.9. The topological polar surface area (TPSA) is 0 Å². The summed E-state index contributed by atoms with van der Waals surface area (Å²) < 4.78 is 0. The normalized spacial score (nSPS) is 48.0. The summed E-state index contributed by atoms with van der Waals surface area (Å²) in [4.78, 5) is 0. The average Bonchev–Trinajstić information content (AvgIpc) is 3.06. The first-order chi connectivity index (χ1) is 14.2. The van der Waals surface area contributed by atoms with Gasteiger partial charge >= 0.3 is 0 Å². The van der Waals surface area contributed by atoms with Crippen LogP contribution < -0.4 is 0 Å². The fourth-order valence-electron chi connectivity index (χ4n) is 9.93. The molecule has 0 heterocycles. The van der Waals surface area contributed by atoms with Crippen molar-refractivity contribution in [3.05, 3.63) is 0 Å². The van der Waals surface area contributed by atoms with Gasteiger partial charge in [-0.2, -0.15) is 0 Å². The molecule has 0 nitrogen and oxygen atoms in total. The Morgan fingerprint density at radius 1 is 0.867 bits per heavy atom. The van der Waals surface area contributed by atoms with Gasteiger partial charge in [0.05, 0.1) is 0 Å². The number of hydrogen-bond donors (Lipinski definition) is 0. The maximum Gasteiger partial charge on any atom is 0.0395 e. The summed E-state index contributed by atoms with van der Waals surface area (Å²) in [5, 5.41) is 0.437. The summed E-state index contributed by atoms with van der Waals surface area (Å²) in [7, 11) is 0. The molecule has 0 saturated heterocycles. The van der Waals surface area contributed by atoms with Crippen LogP contribution in [0.5, 0.6) is 0 Å². The van der Waals surface area contributed by atoms with Crippen molar-refractivity contribution in [3.63, 3.8) is 0 Å². The van der Waals surface area contributed by atoms with E-state index < -0.39 is 0 Å². The molecule has 0 aromatic rings. The molecule has 4 saturated carbocycles. The molecule has 0 aliphatic heterocycles. The Hall–Kier alpha value is 0.290. The van der Waals surface area contributed by atoms with Crippen molar-refractivity contribution in [2.45, 2.75) is 124 Å².